The minimum absolute atomic E-state index is 0.00558. The number of rotatable bonds is 10. The van der Waals surface area contributed by atoms with Gasteiger partial charge in [-0.3, -0.25) is 19.6 Å². The summed E-state index contributed by atoms with van der Waals surface area (Å²) in [4.78, 5) is 35.6. The van der Waals surface area contributed by atoms with Gasteiger partial charge in [-0.2, -0.15) is 0 Å². The lowest BCUT2D eigenvalue weighted by atomic mass is 9.98. The van der Waals surface area contributed by atoms with Crippen molar-refractivity contribution in [2.45, 2.75) is 38.7 Å². The van der Waals surface area contributed by atoms with E-state index in [9.17, 15) is 28.1 Å². The number of benzene rings is 3. The molecule has 216 valence electrons. The Morgan fingerprint density at radius 2 is 1.56 bits per heavy atom. The Labute approximate surface area is 238 Å². The van der Waals surface area contributed by atoms with E-state index >= 15 is 0 Å². The summed E-state index contributed by atoms with van der Waals surface area (Å²) >= 11 is 0. The number of ether oxygens (including phenoxy) is 2. The van der Waals surface area contributed by atoms with Crippen LogP contribution < -0.4 is 10.0 Å². The lowest BCUT2D eigenvalue weighted by molar-refractivity contribution is -0.384. The summed E-state index contributed by atoms with van der Waals surface area (Å²) in [5.74, 6) is -2.11. The molecule has 0 saturated carbocycles. The van der Waals surface area contributed by atoms with E-state index in [1.165, 1.54) is 18.2 Å². The highest BCUT2D eigenvalue weighted by Crippen LogP contribution is 2.44. The van der Waals surface area contributed by atoms with Crippen LogP contribution in [0.5, 0.6) is 0 Å². The Hall–Kier alpha value is -4.45. The van der Waals surface area contributed by atoms with Crippen LogP contribution in [0, 0.1) is 10.1 Å². The van der Waals surface area contributed by atoms with Gasteiger partial charge in [-0.25, -0.2) is 13.2 Å². The maximum atomic E-state index is 12.5. The van der Waals surface area contributed by atoms with E-state index in [2.05, 4.69) is 10.0 Å². The molecular weight excluding hydrogens is 550 g/mol. The Morgan fingerprint density at radius 1 is 0.951 bits per heavy atom. The zero-order valence-electron chi connectivity index (χ0n) is 22.9. The quantitative estimate of drug-likeness (QED) is 0.197. The molecule has 12 heteroatoms. The molecule has 2 N–H and O–H groups in total. The lowest BCUT2D eigenvalue weighted by Gasteiger charge is -2.19. The molecule has 0 unspecified atom stereocenters. The Kier molecular flexibility index (Phi) is 8.62. The minimum Gasteiger partial charge on any atom is -0.459 e. The molecule has 0 aromatic heterocycles. The molecule has 0 bridgehead atoms. The molecule has 0 spiro atoms. The number of hydrogen-bond donors (Lipinski definition) is 2. The number of carbonyl (C=O) groups is 2. The monoisotopic (exact) mass is 581 g/mol. The Balaban J connectivity index is 1.36. The van der Waals surface area contributed by atoms with Gasteiger partial charge in [0.2, 0.25) is 10.0 Å². The number of carbonyl (C=O) groups excluding carboxylic acids is 2. The first-order valence-electron chi connectivity index (χ1n) is 12.9. The number of anilines is 1. The SMILES string of the molecule is CC(C)(C)OC(=O)CS(=O)(=O)Nc1cccc(CCNC(=O)OCC2c3ccccc3-c3ccccc32)c1[N+](=O)[O-]. The van der Waals surface area contributed by atoms with Crippen LogP contribution in [0.1, 0.15) is 43.4 Å². The van der Waals surface area contributed by atoms with Crippen molar-refractivity contribution in [3.8, 4) is 11.1 Å². The number of para-hydroxylation sites is 1. The van der Waals surface area contributed by atoms with E-state index in [-0.39, 0.29) is 36.7 Å². The summed E-state index contributed by atoms with van der Waals surface area (Å²) in [5.41, 5.74) is 2.88. The number of esters is 1. The van der Waals surface area contributed by atoms with Gasteiger partial charge in [0, 0.05) is 18.0 Å². The fourth-order valence-electron chi connectivity index (χ4n) is 4.77. The van der Waals surface area contributed by atoms with Gasteiger partial charge < -0.3 is 14.8 Å². The van der Waals surface area contributed by atoms with Crippen LogP contribution in [-0.2, 0) is 30.7 Å². The highest BCUT2D eigenvalue weighted by Gasteiger charge is 2.30. The summed E-state index contributed by atoms with van der Waals surface area (Å²) in [5, 5.41) is 14.5. The van der Waals surface area contributed by atoms with Gasteiger partial charge in [0.15, 0.2) is 5.75 Å². The molecule has 0 saturated heterocycles. The highest BCUT2D eigenvalue weighted by atomic mass is 32.2. The zero-order chi connectivity index (χ0) is 29.8. The van der Waals surface area contributed by atoms with Crippen molar-refractivity contribution in [1.82, 2.24) is 5.32 Å². The van der Waals surface area contributed by atoms with Crippen molar-refractivity contribution in [3.05, 3.63) is 93.5 Å². The number of fused-ring (bicyclic) bond motifs is 3. The molecule has 0 fully saturated rings. The van der Waals surface area contributed by atoms with Crippen molar-refractivity contribution < 1.29 is 32.4 Å². The third-order valence-corrected chi connectivity index (χ3v) is 7.45. The topological polar surface area (TPSA) is 154 Å². The summed E-state index contributed by atoms with van der Waals surface area (Å²) in [7, 11) is -4.29. The molecule has 11 nitrogen and oxygen atoms in total. The predicted octanol–water partition coefficient (Wildman–Crippen LogP) is 4.76. The Bertz CT molecular complexity index is 1540. The number of nitrogens with one attached hydrogen (secondary N) is 2. The van der Waals surface area contributed by atoms with Gasteiger partial charge in [0.05, 0.1) is 4.92 Å². The smallest absolute Gasteiger partial charge is 0.407 e. The number of nitro groups is 1. The van der Waals surface area contributed by atoms with Gasteiger partial charge in [-0.05, 0) is 55.5 Å². The molecule has 1 aliphatic rings. The number of alkyl carbamates (subject to hydrolysis) is 1. The maximum Gasteiger partial charge on any atom is 0.407 e. The first kappa shape index (κ1) is 29.5. The summed E-state index contributed by atoms with van der Waals surface area (Å²) in [6, 6.07) is 20.0. The van der Waals surface area contributed by atoms with E-state index in [0.717, 1.165) is 22.3 Å². The average Bonchev–Trinajstić information content (AvgIpc) is 3.19. The molecule has 3 aromatic carbocycles. The Morgan fingerprint density at radius 3 is 2.15 bits per heavy atom. The van der Waals surface area contributed by atoms with E-state index < -0.39 is 44.1 Å². The molecule has 1 aliphatic carbocycles. The molecule has 0 atom stereocenters. The first-order chi connectivity index (χ1) is 19.3. The van der Waals surface area contributed by atoms with Crippen molar-refractivity contribution in [1.29, 1.82) is 0 Å². The zero-order valence-corrected chi connectivity index (χ0v) is 23.7. The second-order valence-electron chi connectivity index (χ2n) is 10.5. The fraction of sp³-hybridized carbons (Fsp3) is 0.310. The van der Waals surface area contributed by atoms with Crippen LogP contribution in [0.25, 0.3) is 11.1 Å². The third-order valence-electron chi connectivity index (χ3n) is 6.30. The number of hydrogen-bond acceptors (Lipinski definition) is 8. The summed E-state index contributed by atoms with van der Waals surface area (Å²) < 4.78 is 37.7. The van der Waals surface area contributed by atoms with Gasteiger partial charge in [0.25, 0.3) is 5.69 Å². The van der Waals surface area contributed by atoms with Gasteiger partial charge in [-0.15, -0.1) is 0 Å². The van der Waals surface area contributed by atoms with Crippen LogP contribution in [-0.4, -0.2) is 49.9 Å². The van der Waals surface area contributed by atoms with Crippen LogP contribution in [0.2, 0.25) is 0 Å². The molecular formula is C29H31N3O8S. The fourth-order valence-corrected chi connectivity index (χ4v) is 5.71. The van der Waals surface area contributed by atoms with E-state index in [4.69, 9.17) is 9.47 Å². The van der Waals surface area contributed by atoms with Gasteiger partial charge >= 0.3 is 12.1 Å². The number of sulfonamides is 1. The molecule has 41 heavy (non-hydrogen) atoms. The standard InChI is InChI=1S/C29H31N3O8S/c1-29(2,3)40-26(33)18-41(37,38)31-25-14-8-9-19(27(25)32(35)36)15-16-30-28(34)39-17-24-22-12-6-4-10-20(22)21-11-5-7-13-23(21)24/h4-14,24,31H,15-18H2,1-3H3,(H,30,34). The lowest BCUT2D eigenvalue weighted by Crippen LogP contribution is -2.31. The van der Waals surface area contributed by atoms with E-state index in [1.54, 1.807) is 20.8 Å². The molecule has 0 heterocycles. The van der Waals surface area contributed by atoms with Crippen molar-refractivity contribution in [3.63, 3.8) is 0 Å². The molecule has 0 radical (unpaired) electrons. The van der Waals surface area contributed by atoms with Crippen molar-refractivity contribution >= 4 is 33.5 Å². The molecule has 1 amide bonds. The first-order valence-corrected chi connectivity index (χ1v) is 14.6. The molecule has 4 rings (SSSR count). The van der Waals surface area contributed by atoms with Crippen molar-refractivity contribution in [2.75, 3.05) is 23.6 Å². The van der Waals surface area contributed by atoms with Gasteiger partial charge in [0.1, 0.15) is 17.9 Å². The predicted molar refractivity (Wildman–Crippen MR) is 153 cm³/mol. The maximum absolute atomic E-state index is 12.5. The summed E-state index contributed by atoms with van der Waals surface area (Å²) in [6.07, 6.45) is -0.647. The highest BCUT2D eigenvalue weighted by molar-refractivity contribution is 7.93. The third kappa shape index (κ3) is 7.40. The van der Waals surface area contributed by atoms with E-state index in [1.807, 2.05) is 48.5 Å². The minimum atomic E-state index is -4.29. The number of nitro benzene ring substituents is 1. The summed E-state index contributed by atoms with van der Waals surface area (Å²) in [6.45, 7) is 4.90. The van der Waals surface area contributed by atoms with Crippen LogP contribution in [0.4, 0.5) is 16.2 Å². The van der Waals surface area contributed by atoms with Gasteiger partial charge in [-0.1, -0.05) is 60.7 Å². The second-order valence-corrected chi connectivity index (χ2v) is 12.2. The molecule has 3 aromatic rings. The molecule has 0 aliphatic heterocycles. The average molecular weight is 582 g/mol. The largest absolute Gasteiger partial charge is 0.459 e. The number of amides is 1. The normalized spacial score (nSPS) is 12.7. The van der Waals surface area contributed by atoms with Crippen LogP contribution in [0.3, 0.4) is 0 Å². The van der Waals surface area contributed by atoms with Crippen LogP contribution >= 0.6 is 0 Å². The van der Waals surface area contributed by atoms with Crippen LogP contribution in [0.15, 0.2) is 66.7 Å². The number of nitrogens with zero attached hydrogens (tertiary/aromatic N) is 1. The van der Waals surface area contributed by atoms with E-state index in [0.29, 0.717) is 0 Å². The van der Waals surface area contributed by atoms with Crippen molar-refractivity contribution in [2.24, 2.45) is 0 Å². The second kappa shape index (κ2) is 12.0.